The first kappa shape index (κ1) is 15.9. The average molecular weight is 290 g/mol. The fourth-order valence-electron chi connectivity index (χ4n) is 4.14. The van der Waals surface area contributed by atoms with E-state index >= 15 is 0 Å². The van der Waals surface area contributed by atoms with Gasteiger partial charge in [-0.25, -0.2) is 0 Å². The summed E-state index contributed by atoms with van der Waals surface area (Å²) in [7, 11) is 1.62. The third-order valence-electron chi connectivity index (χ3n) is 5.30. The molecule has 0 aromatic heterocycles. The molecule has 0 saturated heterocycles. The zero-order valence-electron chi connectivity index (χ0n) is 14.1. The minimum Gasteiger partial charge on any atom is -0.493 e. The maximum absolute atomic E-state index is 10.8. The van der Waals surface area contributed by atoms with Gasteiger partial charge in [0.1, 0.15) is 0 Å². The van der Waals surface area contributed by atoms with Crippen molar-refractivity contribution in [3.8, 4) is 11.5 Å². The Hall–Kier alpha value is -1.51. The highest BCUT2D eigenvalue weighted by Gasteiger charge is 2.46. The van der Waals surface area contributed by atoms with Gasteiger partial charge in [0.2, 0.25) is 0 Å². The van der Waals surface area contributed by atoms with Crippen LogP contribution in [0.2, 0.25) is 0 Å². The summed E-state index contributed by atoms with van der Waals surface area (Å²) in [5.41, 5.74) is 3.74. The van der Waals surface area contributed by atoms with Crippen molar-refractivity contribution in [3.05, 3.63) is 22.8 Å². The molecule has 2 atom stereocenters. The molecule has 3 heteroatoms. The fraction of sp³-hybridized carbons (Fsp3) is 0.611. The molecule has 0 aliphatic heterocycles. The highest BCUT2D eigenvalue weighted by molar-refractivity contribution is 5.63. The Kier molecular flexibility index (Phi) is 4.05. The highest BCUT2D eigenvalue weighted by Crippen LogP contribution is 2.56. The summed E-state index contributed by atoms with van der Waals surface area (Å²) in [6.45, 7) is 13.9. The largest absolute Gasteiger partial charge is 0.493 e. The van der Waals surface area contributed by atoms with E-state index in [2.05, 4.69) is 40.7 Å². The Labute approximate surface area is 127 Å². The average Bonchev–Trinajstić information content (AvgIpc) is 2.60. The third kappa shape index (κ3) is 2.23. The number of fused-ring (bicyclic) bond motifs is 1. The molecule has 0 N–H and O–H groups in total. The van der Waals surface area contributed by atoms with Crippen molar-refractivity contribution in [2.45, 2.75) is 52.9 Å². The molecular formula is C18H26O3. The molecule has 1 aromatic carbocycles. The lowest BCUT2D eigenvalue weighted by atomic mass is 9.74. The topological polar surface area (TPSA) is 35.5 Å². The Bertz CT molecular complexity index is 558. The van der Waals surface area contributed by atoms with Crippen molar-refractivity contribution >= 4 is 6.47 Å². The molecule has 0 saturated carbocycles. The smallest absolute Gasteiger partial charge is 0.298 e. The zero-order valence-corrected chi connectivity index (χ0v) is 14.1. The maximum Gasteiger partial charge on any atom is 0.298 e. The molecule has 3 nitrogen and oxygen atoms in total. The summed E-state index contributed by atoms with van der Waals surface area (Å²) in [4.78, 5) is 10.8. The molecule has 1 aliphatic carbocycles. The summed E-state index contributed by atoms with van der Waals surface area (Å²) >= 11 is 0. The van der Waals surface area contributed by atoms with E-state index in [0.717, 1.165) is 5.56 Å². The SMILES string of the molecule is COc1cc2c(c(C)c1OC=O)C(C)(C)C(C)C2C(C)C. The van der Waals surface area contributed by atoms with Crippen LogP contribution in [0.4, 0.5) is 0 Å². The van der Waals surface area contributed by atoms with E-state index in [0.29, 0.717) is 35.7 Å². The third-order valence-corrected chi connectivity index (χ3v) is 5.30. The second-order valence-electron chi connectivity index (χ2n) is 6.99. The molecule has 21 heavy (non-hydrogen) atoms. The number of benzene rings is 1. The molecule has 0 bridgehead atoms. The Balaban J connectivity index is 2.76. The molecule has 1 aliphatic rings. The Morgan fingerprint density at radius 1 is 1.33 bits per heavy atom. The van der Waals surface area contributed by atoms with Gasteiger partial charge in [0.15, 0.2) is 11.5 Å². The second-order valence-corrected chi connectivity index (χ2v) is 6.99. The van der Waals surface area contributed by atoms with Gasteiger partial charge in [-0.15, -0.1) is 0 Å². The van der Waals surface area contributed by atoms with Crippen LogP contribution in [0.5, 0.6) is 11.5 Å². The van der Waals surface area contributed by atoms with Gasteiger partial charge in [0, 0.05) is 0 Å². The number of hydrogen-bond donors (Lipinski definition) is 0. The molecule has 2 rings (SSSR count). The molecule has 0 amide bonds. The molecular weight excluding hydrogens is 264 g/mol. The number of ether oxygens (including phenoxy) is 2. The van der Waals surface area contributed by atoms with Gasteiger partial charge in [-0.2, -0.15) is 0 Å². The summed E-state index contributed by atoms with van der Waals surface area (Å²) < 4.78 is 10.7. The molecule has 1 aromatic rings. The van der Waals surface area contributed by atoms with Gasteiger partial charge in [-0.05, 0) is 52.8 Å². The standard InChI is InChI=1S/C18H26O3/c1-10(2)15-12(4)18(5,6)16-11(3)17(21-9-19)14(20-7)8-13(15)16/h8-10,12,15H,1-7H3. The van der Waals surface area contributed by atoms with Crippen molar-refractivity contribution in [3.63, 3.8) is 0 Å². The van der Waals surface area contributed by atoms with Crippen molar-refractivity contribution < 1.29 is 14.3 Å². The minimum atomic E-state index is 0.0572. The number of methoxy groups -OCH3 is 1. The van der Waals surface area contributed by atoms with E-state index in [1.807, 2.05) is 6.92 Å². The summed E-state index contributed by atoms with van der Waals surface area (Å²) in [6, 6.07) is 2.07. The fourth-order valence-corrected chi connectivity index (χ4v) is 4.14. The summed E-state index contributed by atoms with van der Waals surface area (Å²) in [5.74, 6) is 2.78. The zero-order chi connectivity index (χ0) is 15.9. The lowest BCUT2D eigenvalue weighted by Gasteiger charge is -2.30. The first-order chi connectivity index (χ1) is 9.77. The number of carbonyl (C=O) groups excluding carboxylic acids is 1. The quantitative estimate of drug-likeness (QED) is 0.779. The molecule has 0 fully saturated rings. The Morgan fingerprint density at radius 3 is 2.43 bits per heavy atom. The van der Waals surface area contributed by atoms with E-state index in [1.54, 1.807) is 7.11 Å². The van der Waals surface area contributed by atoms with Gasteiger partial charge in [-0.3, -0.25) is 4.79 Å². The van der Waals surface area contributed by atoms with Crippen LogP contribution < -0.4 is 9.47 Å². The van der Waals surface area contributed by atoms with Crippen LogP contribution in [0.15, 0.2) is 6.07 Å². The van der Waals surface area contributed by atoms with E-state index in [9.17, 15) is 4.79 Å². The lowest BCUT2D eigenvalue weighted by molar-refractivity contribution is -0.120. The molecule has 2 unspecified atom stereocenters. The second kappa shape index (κ2) is 5.36. The summed E-state index contributed by atoms with van der Waals surface area (Å²) in [6.07, 6.45) is 0. The molecule has 0 radical (unpaired) electrons. The van der Waals surface area contributed by atoms with Gasteiger partial charge >= 0.3 is 0 Å². The van der Waals surface area contributed by atoms with Crippen LogP contribution in [0.25, 0.3) is 0 Å². The van der Waals surface area contributed by atoms with Crippen LogP contribution in [-0.4, -0.2) is 13.6 Å². The van der Waals surface area contributed by atoms with Crippen LogP contribution in [0.1, 0.15) is 57.2 Å². The molecule has 0 spiro atoms. The van der Waals surface area contributed by atoms with Crippen molar-refractivity contribution in [1.29, 1.82) is 0 Å². The van der Waals surface area contributed by atoms with Crippen molar-refractivity contribution in [1.82, 2.24) is 0 Å². The molecule has 116 valence electrons. The van der Waals surface area contributed by atoms with E-state index in [1.165, 1.54) is 11.1 Å². The van der Waals surface area contributed by atoms with Gasteiger partial charge in [0.05, 0.1) is 7.11 Å². The van der Waals surface area contributed by atoms with Crippen LogP contribution >= 0.6 is 0 Å². The van der Waals surface area contributed by atoms with E-state index in [4.69, 9.17) is 9.47 Å². The van der Waals surface area contributed by atoms with Crippen molar-refractivity contribution in [2.75, 3.05) is 7.11 Å². The summed E-state index contributed by atoms with van der Waals surface area (Å²) in [5, 5.41) is 0. The van der Waals surface area contributed by atoms with Crippen LogP contribution in [0, 0.1) is 18.8 Å². The Morgan fingerprint density at radius 2 is 1.95 bits per heavy atom. The predicted molar refractivity (Wildman–Crippen MR) is 84.2 cm³/mol. The van der Waals surface area contributed by atoms with E-state index in [-0.39, 0.29) is 5.41 Å². The number of hydrogen-bond acceptors (Lipinski definition) is 3. The lowest BCUT2D eigenvalue weighted by Crippen LogP contribution is -2.25. The highest BCUT2D eigenvalue weighted by atomic mass is 16.5. The van der Waals surface area contributed by atoms with E-state index < -0.39 is 0 Å². The first-order valence-electron chi connectivity index (χ1n) is 7.59. The number of rotatable bonds is 4. The predicted octanol–water partition coefficient (Wildman–Crippen LogP) is 4.21. The first-order valence-corrected chi connectivity index (χ1v) is 7.59. The monoisotopic (exact) mass is 290 g/mol. The maximum atomic E-state index is 10.8. The minimum absolute atomic E-state index is 0.0572. The van der Waals surface area contributed by atoms with Gasteiger partial charge < -0.3 is 9.47 Å². The van der Waals surface area contributed by atoms with Crippen LogP contribution in [0.3, 0.4) is 0 Å². The number of carbonyl (C=O) groups is 1. The van der Waals surface area contributed by atoms with Gasteiger partial charge in [-0.1, -0.05) is 34.6 Å². The van der Waals surface area contributed by atoms with Crippen molar-refractivity contribution in [2.24, 2.45) is 11.8 Å². The normalized spacial score (nSPS) is 23.0. The van der Waals surface area contributed by atoms with Gasteiger partial charge in [0.25, 0.3) is 6.47 Å². The molecule has 0 heterocycles. The van der Waals surface area contributed by atoms with Crippen LogP contribution in [-0.2, 0) is 10.2 Å².